The van der Waals surface area contributed by atoms with Crippen LogP contribution in [0.15, 0.2) is 54.6 Å². The predicted octanol–water partition coefficient (Wildman–Crippen LogP) is 3.46. The van der Waals surface area contributed by atoms with Gasteiger partial charge in [0.2, 0.25) is 5.91 Å². The van der Waals surface area contributed by atoms with Gasteiger partial charge < -0.3 is 5.32 Å². The second-order valence-corrected chi connectivity index (χ2v) is 6.07. The maximum absolute atomic E-state index is 12.4. The molecule has 0 bridgehead atoms. The first-order chi connectivity index (χ1) is 10.7. The zero-order chi connectivity index (χ0) is 15.4. The molecule has 114 valence electrons. The van der Waals surface area contributed by atoms with Gasteiger partial charge in [0.1, 0.15) is 0 Å². The summed E-state index contributed by atoms with van der Waals surface area (Å²) in [5.41, 5.74) is 3.36. The Morgan fingerprint density at radius 1 is 1.18 bits per heavy atom. The smallest absolute Gasteiger partial charge is 0.228 e. The molecule has 22 heavy (non-hydrogen) atoms. The van der Waals surface area contributed by atoms with Crippen molar-refractivity contribution in [3.05, 3.63) is 65.7 Å². The molecule has 3 heteroatoms. The molecule has 0 radical (unpaired) electrons. The van der Waals surface area contributed by atoms with Crippen LogP contribution in [-0.4, -0.2) is 23.9 Å². The number of benzene rings is 2. The van der Waals surface area contributed by atoms with Crippen molar-refractivity contribution in [2.75, 3.05) is 18.4 Å². The number of carbonyl (C=O) groups excluding carboxylic acids is 1. The quantitative estimate of drug-likeness (QED) is 0.936. The van der Waals surface area contributed by atoms with Crippen LogP contribution in [0.2, 0.25) is 0 Å². The summed E-state index contributed by atoms with van der Waals surface area (Å²) in [5.74, 6) is 0.227. The molecule has 1 atom stereocenters. The zero-order valence-electron chi connectivity index (χ0n) is 13.0. The number of carbonyl (C=O) groups is 1. The van der Waals surface area contributed by atoms with Gasteiger partial charge in [-0.15, -0.1) is 0 Å². The maximum Gasteiger partial charge on any atom is 0.228 e. The fourth-order valence-electron chi connectivity index (χ4n) is 3.00. The molecule has 2 aromatic rings. The molecule has 1 amide bonds. The van der Waals surface area contributed by atoms with Gasteiger partial charge in [0, 0.05) is 18.8 Å². The molecule has 3 rings (SSSR count). The minimum absolute atomic E-state index is 0.0872. The lowest BCUT2D eigenvalue weighted by Crippen LogP contribution is -2.26. The van der Waals surface area contributed by atoms with Crippen LogP contribution in [0.5, 0.6) is 0 Å². The third-order valence-electron chi connectivity index (χ3n) is 4.18. The summed E-state index contributed by atoms with van der Waals surface area (Å²) >= 11 is 0. The number of aryl methyl sites for hydroxylation is 1. The Morgan fingerprint density at radius 2 is 2.00 bits per heavy atom. The van der Waals surface area contributed by atoms with Crippen LogP contribution in [0.25, 0.3) is 0 Å². The van der Waals surface area contributed by atoms with Crippen molar-refractivity contribution in [1.29, 1.82) is 0 Å². The van der Waals surface area contributed by atoms with Gasteiger partial charge in [0.05, 0.1) is 5.92 Å². The number of rotatable bonds is 4. The Balaban J connectivity index is 1.55. The van der Waals surface area contributed by atoms with E-state index >= 15 is 0 Å². The fraction of sp³-hybridized carbons (Fsp3) is 0.316. The largest absolute Gasteiger partial charge is 0.326 e. The van der Waals surface area contributed by atoms with Gasteiger partial charge in [-0.25, -0.2) is 0 Å². The molecule has 1 saturated heterocycles. The van der Waals surface area contributed by atoms with Crippen LogP contribution in [0.4, 0.5) is 5.69 Å². The van der Waals surface area contributed by atoms with E-state index in [0.717, 1.165) is 37.3 Å². The number of hydrogen-bond donors (Lipinski definition) is 1. The van der Waals surface area contributed by atoms with Crippen LogP contribution in [0.1, 0.15) is 17.5 Å². The van der Waals surface area contributed by atoms with E-state index in [9.17, 15) is 4.79 Å². The van der Waals surface area contributed by atoms with E-state index < -0.39 is 0 Å². The fourth-order valence-corrected chi connectivity index (χ4v) is 3.00. The standard InChI is InChI=1S/C19H22N2O/c1-15-6-5-9-18(12-15)20-19(22)17-10-11-21(14-17)13-16-7-3-2-4-8-16/h2-9,12,17H,10-11,13-14H2,1H3,(H,20,22). The van der Waals surface area contributed by atoms with Crippen molar-refractivity contribution in [1.82, 2.24) is 4.90 Å². The summed E-state index contributed by atoms with van der Waals surface area (Å²) in [6.07, 6.45) is 0.935. The van der Waals surface area contributed by atoms with E-state index in [0.29, 0.717) is 0 Å². The molecular weight excluding hydrogens is 272 g/mol. The van der Waals surface area contributed by atoms with Crippen molar-refractivity contribution in [3.63, 3.8) is 0 Å². The van der Waals surface area contributed by atoms with Gasteiger partial charge in [0.25, 0.3) is 0 Å². The monoisotopic (exact) mass is 294 g/mol. The molecule has 1 aliphatic heterocycles. The number of nitrogens with one attached hydrogen (secondary N) is 1. The lowest BCUT2D eigenvalue weighted by atomic mass is 10.1. The molecular formula is C19H22N2O. The maximum atomic E-state index is 12.4. The SMILES string of the molecule is Cc1cccc(NC(=O)C2CCN(Cc3ccccc3)C2)c1. The average Bonchev–Trinajstić information content (AvgIpc) is 2.97. The van der Waals surface area contributed by atoms with Crippen LogP contribution >= 0.6 is 0 Å². The van der Waals surface area contributed by atoms with Crippen LogP contribution < -0.4 is 5.32 Å². The number of hydrogen-bond acceptors (Lipinski definition) is 2. The summed E-state index contributed by atoms with van der Waals surface area (Å²) in [5, 5.41) is 3.04. The van der Waals surface area contributed by atoms with E-state index in [1.165, 1.54) is 5.56 Å². The summed E-state index contributed by atoms with van der Waals surface area (Å²) in [4.78, 5) is 14.7. The van der Waals surface area contributed by atoms with Crippen molar-refractivity contribution in [2.45, 2.75) is 19.9 Å². The minimum Gasteiger partial charge on any atom is -0.326 e. The first-order valence-electron chi connectivity index (χ1n) is 7.84. The van der Waals surface area contributed by atoms with E-state index in [-0.39, 0.29) is 11.8 Å². The molecule has 1 N–H and O–H groups in total. The summed E-state index contributed by atoms with van der Waals surface area (Å²) < 4.78 is 0. The summed E-state index contributed by atoms with van der Waals surface area (Å²) in [6, 6.07) is 18.4. The third kappa shape index (κ3) is 3.74. The normalized spacial score (nSPS) is 18.3. The van der Waals surface area contributed by atoms with Gasteiger partial charge in [-0.1, -0.05) is 42.5 Å². The van der Waals surface area contributed by atoms with Crippen molar-refractivity contribution in [3.8, 4) is 0 Å². The van der Waals surface area contributed by atoms with Gasteiger partial charge >= 0.3 is 0 Å². The van der Waals surface area contributed by atoms with E-state index in [4.69, 9.17) is 0 Å². The van der Waals surface area contributed by atoms with Crippen molar-refractivity contribution in [2.24, 2.45) is 5.92 Å². The first kappa shape index (κ1) is 14.8. The number of amides is 1. The van der Waals surface area contributed by atoms with Crippen LogP contribution in [0, 0.1) is 12.8 Å². The topological polar surface area (TPSA) is 32.3 Å². The van der Waals surface area contributed by atoms with E-state index in [1.807, 2.05) is 37.3 Å². The average molecular weight is 294 g/mol. The molecule has 1 fully saturated rings. The summed E-state index contributed by atoms with van der Waals surface area (Å²) in [7, 11) is 0. The highest BCUT2D eigenvalue weighted by atomic mass is 16.1. The van der Waals surface area contributed by atoms with Gasteiger partial charge in [0.15, 0.2) is 0 Å². The Kier molecular flexibility index (Phi) is 4.54. The Bertz CT molecular complexity index is 639. The number of anilines is 1. The predicted molar refractivity (Wildman–Crippen MR) is 89.6 cm³/mol. The van der Waals surface area contributed by atoms with Crippen molar-refractivity contribution < 1.29 is 4.79 Å². The van der Waals surface area contributed by atoms with Gasteiger partial charge in [-0.05, 0) is 43.1 Å². The molecule has 2 aromatic carbocycles. The summed E-state index contributed by atoms with van der Waals surface area (Å²) in [6.45, 7) is 4.79. The van der Waals surface area contributed by atoms with Crippen LogP contribution in [0.3, 0.4) is 0 Å². The highest BCUT2D eigenvalue weighted by Crippen LogP contribution is 2.21. The molecule has 0 saturated carbocycles. The highest BCUT2D eigenvalue weighted by Gasteiger charge is 2.28. The molecule has 1 aliphatic rings. The Hall–Kier alpha value is -2.13. The molecule has 0 aliphatic carbocycles. The van der Waals surface area contributed by atoms with Crippen molar-refractivity contribution >= 4 is 11.6 Å². The van der Waals surface area contributed by atoms with Gasteiger partial charge in [-0.2, -0.15) is 0 Å². The Morgan fingerprint density at radius 3 is 2.77 bits per heavy atom. The minimum atomic E-state index is 0.0872. The molecule has 1 heterocycles. The van der Waals surface area contributed by atoms with E-state index in [2.05, 4.69) is 34.5 Å². The zero-order valence-corrected chi connectivity index (χ0v) is 13.0. The second kappa shape index (κ2) is 6.75. The highest BCUT2D eigenvalue weighted by molar-refractivity contribution is 5.92. The lowest BCUT2D eigenvalue weighted by molar-refractivity contribution is -0.119. The molecule has 0 aromatic heterocycles. The molecule has 0 spiro atoms. The molecule has 3 nitrogen and oxygen atoms in total. The Labute approximate surface area is 132 Å². The van der Waals surface area contributed by atoms with Gasteiger partial charge in [-0.3, -0.25) is 9.69 Å². The first-order valence-corrected chi connectivity index (χ1v) is 7.84. The molecule has 1 unspecified atom stereocenters. The number of likely N-dealkylation sites (tertiary alicyclic amines) is 1. The van der Waals surface area contributed by atoms with E-state index in [1.54, 1.807) is 0 Å². The lowest BCUT2D eigenvalue weighted by Gasteiger charge is -2.16. The third-order valence-corrected chi connectivity index (χ3v) is 4.18. The number of nitrogens with zero attached hydrogens (tertiary/aromatic N) is 1. The van der Waals surface area contributed by atoms with Crippen LogP contribution in [-0.2, 0) is 11.3 Å². The second-order valence-electron chi connectivity index (χ2n) is 6.07.